The van der Waals surface area contributed by atoms with Gasteiger partial charge in [0.15, 0.2) is 0 Å². The summed E-state index contributed by atoms with van der Waals surface area (Å²) in [5, 5.41) is 2.03. The standard InChI is InChI=1S/C11H13FN2O3S.C2H6/c1-8-3-5-9(6-4-8)18(16,17)14-7-10(12)11(15)13-2;1-2/h3-7,14H,1-2H3,(H,13,15);1-2H3/b10-7+;. The van der Waals surface area contributed by atoms with Crippen molar-refractivity contribution < 1.29 is 17.6 Å². The average molecular weight is 302 g/mol. The molecule has 0 bridgehead atoms. The van der Waals surface area contributed by atoms with E-state index in [1.165, 1.54) is 19.2 Å². The smallest absolute Gasteiger partial charge is 0.281 e. The Bertz CT molecular complexity index is 566. The summed E-state index contributed by atoms with van der Waals surface area (Å²) < 4.78 is 38.3. The summed E-state index contributed by atoms with van der Waals surface area (Å²) in [5.74, 6) is -2.21. The molecule has 0 saturated heterocycles. The van der Waals surface area contributed by atoms with Crippen molar-refractivity contribution in [1.82, 2.24) is 10.0 Å². The summed E-state index contributed by atoms with van der Waals surface area (Å²) in [6.45, 7) is 5.81. The van der Waals surface area contributed by atoms with Crippen LogP contribution < -0.4 is 10.0 Å². The predicted molar refractivity (Wildman–Crippen MR) is 76.1 cm³/mol. The fourth-order valence-electron chi connectivity index (χ4n) is 1.10. The first-order chi connectivity index (χ1) is 9.36. The normalized spacial score (nSPS) is 11.2. The van der Waals surface area contributed by atoms with Crippen LogP contribution in [0.5, 0.6) is 0 Å². The molecule has 20 heavy (non-hydrogen) atoms. The van der Waals surface area contributed by atoms with E-state index < -0.39 is 21.8 Å². The van der Waals surface area contributed by atoms with E-state index in [-0.39, 0.29) is 4.90 Å². The zero-order valence-corrected chi connectivity index (χ0v) is 12.7. The topological polar surface area (TPSA) is 75.3 Å². The number of hydrogen-bond donors (Lipinski definition) is 2. The number of aryl methyl sites for hydroxylation is 1. The lowest BCUT2D eigenvalue weighted by Crippen LogP contribution is -2.23. The zero-order chi connectivity index (χ0) is 15.8. The molecule has 0 aromatic heterocycles. The summed E-state index contributed by atoms with van der Waals surface area (Å²) >= 11 is 0. The Kier molecular flexibility index (Phi) is 7.53. The van der Waals surface area contributed by atoms with Crippen LogP contribution in [0.25, 0.3) is 0 Å². The fourth-order valence-corrected chi connectivity index (χ4v) is 1.99. The molecule has 0 aliphatic rings. The number of benzene rings is 1. The van der Waals surface area contributed by atoms with Gasteiger partial charge in [-0.3, -0.25) is 9.52 Å². The summed E-state index contributed by atoms with van der Waals surface area (Å²) in [6, 6.07) is 6.02. The van der Waals surface area contributed by atoms with Gasteiger partial charge in [-0.2, -0.15) is 4.39 Å². The Morgan fingerprint density at radius 2 is 1.70 bits per heavy atom. The van der Waals surface area contributed by atoms with E-state index in [0.717, 1.165) is 5.56 Å². The second-order valence-corrected chi connectivity index (χ2v) is 5.22. The minimum absolute atomic E-state index is 0.00550. The van der Waals surface area contributed by atoms with Crippen LogP contribution in [0.2, 0.25) is 0 Å². The van der Waals surface area contributed by atoms with Crippen molar-refractivity contribution in [2.45, 2.75) is 25.7 Å². The van der Waals surface area contributed by atoms with Crippen LogP contribution in [0.3, 0.4) is 0 Å². The molecule has 7 heteroatoms. The van der Waals surface area contributed by atoms with Gasteiger partial charge in [-0.25, -0.2) is 8.42 Å². The number of hydrogen-bond acceptors (Lipinski definition) is 3. The summed E-state index contributed by atoms with van der Waals surface area (Å²) in [7, 11) is -2.62. The second-order valence-electron chi connectivity index (χ2n) is 3.51. The molecular weight excluding hydrogens is 283 g/mol. The number of carbonyl (C=O) groups is 1. The lowest BCUT2D eigenvalue weighted by Gasteiger charge is -2.04. The SMILES string of the molecule is CC.CNC(=O)/C(F)=C\NS(=O)(=O)c1ccc(C)cc1. The minimum atomic E-state index is -3.86. The van der Waals surface area contributed by atoms with Crippen molar-refractivity contribution in [3.05, 3.63) is 41.9 Å². The van der Waals surface area contributed by atoms with Crippen molar-refractivity contribution in [3.63, 3.8) is 0 Å². The lowest BCUT2D eigenvalue weighted by atomic mass is 10.2. The number of sulfonamides is 1. The van der Waals surface area contributed by atoms with Gasteiger partial charge in [-0.15, -0.1) is 0 Å². The Morgan fingerprint density at radius 1 is 1.20 bits per heavy atom. The molecule has 0 radical (unpaired) electrons. The van der Waals surface area contributed by atoms with E-state index in [0.29, 0.717) is 6.20 Å². The van der Waals surface area contributed by atoms with Crippen LogP contribution in [0, 0.1) is 6.92 Å². The van der Waals surface area contributed by atoms with Gasteiger partial charge in [0.25, 0.3) is 15.9 Å². The van der Waals surface area contributed by atoms with Crippen molar-refractivity contribution in [1.29, 1.82) is 0 Å². The molecule has 1 aromatic carbocycles. The second kappa shape index (κ2) is 8.31. The van der Waals surface area contributed by atoms with E-state index in [4.69, 9.17) is 0 Å². The van der Waals surface area contributed by atoms with Crippen molar-refractivity contribution >= 4 is 15.9 Å². The molecule has 1 rings (SSSR count). The first kappa shape index (κ1) is 18.1. The maximum atomic E-state index is 13.0. The Balaban J connectivity index is 0.00000172. The van der Waals surface area contributed by atoms with E-state index in [1.54, 1.807) is 12.1 Å². The molecule has 112 valence electrons. The maximum Gasteiger partial charge on any atom is 0.281 e. The highest BCUT2D eigenvalue weighted by Crippen LogP contribution is 2.10. The van der Waals surface area contributed by atoms with Gasteiger partial charge in [0.05, 0.1) is 11.1 Å². The number of halogens is 1. The van der Waals surface area contributed by atoms with Gasteiger partial charge >= 0.3 is 0 Å². The summed E-state index contributed by atoms with van der Waals surface area (Å²) in [4.78, 5) is 10.8. The van der Waals surface area contributed by atoms with Gasteiger partial charge in [0.2, 0.25) is 5.83 Å². The number of nitrogens with one attached hydrogen (secondary N) is 2. The number of likely N-dealkylation sites (N-methyl/N-ethyl adjacent to an activating group) is 1. The quantitative estimate of drug-likeness (QED) is 0.834. The average Bonchev–Trinajstić information content (AvgIpc) is 2.46. The van der Waals surface area contributed by atoms with Crippen LogP contribution in [-0.2, 0) is 14.8 Å². The molecule has 0 spiro atoms. The molecule has 0 unspecified atom stereocenters. The number of carbonyl (C=O) groups excluding carboxylic acids is 1. The zero-order valence-electron chi connectivity index (χ0n) is 11.9. The van der Waals surface area contributed by atoms with Gasteiger partial charge in [-0.05, 0) is 19.1 Å². The molecule has 1 aromatic rings. The first-order valence-electron chi connectivity index (χ1n) is 6.03. The molecule has 1 amide bonds. The molecule has 0 atom stereocenters. The number of rotatable bonds is 4. The highest BCUT2D eigenvalue weighted by Gasteiger charge is 2.13. The third-order valence-corrected chi connectivity index (χ3v) is 3.44. The van der Waals surface area contributed by atoms with Gasteiger partial charge in [-0.1, -0.05) is 31.5 Å². The fraction of sp³-hybridized carbons (Fsp3) is 0.308. The van der Waals surface area contributed by atoms with E-state index in [1.807, 2.05) is 30.8 Å². The molecular formula is C13H19FN2O3S. The van der Waals surface area contributed by atoms with E-state index in [9.17, 15) is 17.6 Å². The Hall–Kier alpha value is -1.89. The largest absolute Gasteiger partial charge is 0.353 e. The van der Waals surface area contributed by atoms with Gasteiger partial charge in [0, 0.05) is 7.05 Å². The summed E-state index contributed by atoms with van der Waals surface area (Å²) in [6.07, 6.45) is 0.508. The predicted octanol–water partition coefficient (Wildman–Crippen LogP) is 1.86. The van der Waals surface area contributed by atoms with Crippen molar-refractivity contribution in [3.8, 4) is 0 Å². The first-order valence-corrected chi connectivity index (χ1v) is 7.52. The molecule has 0 saturated carbocycles. The highest BCUT2D eigenvalue weighted by molar-refractivity contribution is 7.89. The van der Waals surface area contributed by atoms with Crippen molar-refractivity contribution in [2.24, 2.45) is 0 Å². The molecule has 0 aliphatic carbocycles. The lowest BCUT2D eigenvalue weighted by molar-refractivity contribution is -0.118. The van der Waals surface area contributed by atoms with Gasteiger partial charge < -0.3 is 5.32 Å². The molecule has 0 aliphatic heterocycles. The van der Waals surface area contributed by atoms with E-state index >= 15 is 0 Å². The summed E-state index contributed by atoms with van der Waals surface area (Å²) in [5.41, 5.74) is 0.904. The molecule has 5 nitrogen and oxygen atoms in total. The molecule has 0 heterocycles. The third-order valence-electron chi connectivity index (χ3n) is 2.12. The Morgan fingerprint density at radius 3 is 2.15 bits per heavy atom. The molecule has 0 fully saturated rings. The van der Waals surface area contributed by atoms with E-state index in [2.05, 4.69) is 0 Å². The van der Waals surface area contributed by atoms with Crippen LogP contribution in [-0.4, -0.2) is 21.4 Å². The van der Waals surface area contributed by atoms with Crippen LogP contribution >= 0.6 is 0 Å². The van der Waals surface area contributed by atoms with Crippen LogP contribution in [0.4, 0.5) is 4.39 Å². The van der Waals surface area contributed by atoms with Crippen molar-refractivity contribution in [2.75, 3.05) is 7.05 Å². The highest BCUT2D eigenvalue weighted by atomic mass is 32.2. The monoisotopic (exact) mass is 302 g/mol. The third kappa shape index (κ3) is 5.40. The Labute approximate surface area is 118 Å². The number of amides is 1. The van der Waals surface area contributed by atoms with Crippen LogP contribution in [0.1, 0.15) is 19.4 Å². The molecule has 2 N–H and O–H groups in total. The van der Waals surface area contributed by atoms with Gasteiger partial charge in [0.1, 0.15) is 0 Å². The minimum Gasteiger partial charge on any atom is -0.353 e. The maximum absolute atomic E-state index is 13.0. The van der Waals surface area contributed by atoms with Crippen LogP contribution in [0.15, 0.2) is 41.2 Å².